The lowest BCUT2D eigenvalue weighted by Gasteiger charge is -2.15. The van der Waals surface area contributed by atoms with Crippen LogP contribution in [0.3, 0.4) is 0 Å². The van der Waals surface area contributed by atoms with Crippen molar-refractivity contribution in [3.63, 3.8) is 0 Å². The molecular weight excluding hydrogens is 417 g/mol. The maximum absolute atomic E-state index is 12.4. The van der Waals surface area contributed by atoms with Crippen LogP contribution < -0.4 is 10.1 Å². The molecule has 0 saturated heterocycles. The summed E-state index contributed by atoms with van der Waals surface area (Å²) in [5.74, 6) is -0.299. The van der Waals surface area contributed by atoms with Crippen LogP contribution in [0.2, 0.25) is 0 Å². The van der Waals surface area contributed by atoms with Crippen molar-refractivity contribution in [1.29, 1.82) is 0 Å². The van der Waals surface area contributed by atoms with E-state index in [1.807, 2.05) is 0 Å². The van der Waals surface area contributed by atoms with Crippen molar-refractivity contribution in [3.8, 4) is 5.75 Å². The molecule has 21 heavy (non-hydrogen) atoms. The monoisotopic (exact) mass is 424 g/mol. The van der Waals surface area contributed by atoms with Crippen LogP contribution in [0.15, 0.2) is 45.5 Å². The summed E-state index contributed by atoms with van der Waals surface area (Å²) >= 11 is 6.35. The van der Waals surface area contributed by atoms with Crippen LogP contribution in [-0.2, 0) is 6.54 Å². The average molecular weight is 426 g/mol. The zero-order valence-electron chi connectivity index (χ0n) is 10.4. The maximum atomic E-state index is 12.4. The Labute approximate surface area is 135 Å². The summed E-state index contributed by atoms with van der Waals surface area (Å²) in [5, 5.41) is 2.88. The van der Waals surface area contributed by atoms with Crippen LogP contribution in [0, 0.1) is 0 Å². The highest BCUT2D eigenvalue weighted by Crippen LogP contribution is 2.33. The van der Waals surface area contributed by atoms with Crippen LogP contribution in [0.1, 0.15) is 5.69 Å². The second kappa shape index (κ2) is 6.65. The standard InChI is InChI=1S/C13H9Br2F3N2O/c14-8-4-5-10(11(6-8)21-13(16,17)18)19-7-9-2-1-3-12(15)20-9/h1-6,19H,7H2. The fourth-order valence-corrected chi connectivity index (χ4v) is 2.31. The molecule has 2 aromatic rings. The van der Waals surface area contributed by atoms with E-state index in [0.717, 1.165) is 0 Å². The molecule has 0 radical (unpaired) electrons. The number of anilines is 1. The van der Waals surface area contributed by atoms with Crippen molar-refractivity contribution >= 4 is 37.5 Å². The highest BCUT2D eigenvalue weighted by molar-refractivity contribution is 9.10. The van der Waals surface area contributed by atoms with E-state index in [1.165, 1.54) is 12.1 Å². The van der Waals surface area contributed by atoms with Crippen molar-refractivity contribution < 1.29 is 17.9 Å². The SMILES string of the molecule is FC(F)(F)Oc1cc(Br)ccc1NCc1cccc(Br)n1. The van der Waals surface area contributed by atoms with Crippen molar-refractivity contribution in [1.82, 2.24) is 4.98 Å². The Morgan fingerprint density at radius 1 is 1.14 bits per heavy atom. The summed E-state index contributed by atoms with van der Waals surface area (Å²) in [5.41, 5.74) is 0.919. The minimum atomic E-state index is -4.74. The van der Waals surface area contributed by atoms with Gasteiger partial charge in [0, 0.05) is 4.47 Å². The third-order valence-corrected chi connectivity index (χ3v) is 3.34. The van der Waals surface area contributed by atoms with E-state index in [-0.39, 0.29) is 18.0 Å². The number of hydrogen-bond acceptors (Lipinski definition) is 3. The van der Waals surface area contributed by atoms with Gasteiger partial charge >= 0.3 is 6.36 Å². The van der Waals surface area contributed by atoms with Gasteiger partial charge in [-0.1, -0.05) is 22.0 Å². The summed E-state index contributed by atoms with van der Waals surface area (Å²) in [6.07, 6.45) is -4.74. The van der Waals surface area contributed by atoms with Crippen molar-refractivity contribution in [3.05, 3.63) is 51.2 Å². The number of nitrogens with one attached hydrogen (secondary N) is 1. The Hall–Kier alpha value is -1.28. The quantitative estimate of drug-likeness (QED) is 0.690. The molecule has 0 aliphatic heterocycles. The first kappa shape index (κ1) is 16.1. The van der Waals surface area contributed by atoms with E-state index < -0.39 is 6.36 Å². The minimum absolute atomic E-state index is 0.234. The molecule has 0 fully saturated rings. The lowest BCUT2D eigenvalue weighted by atomic mass is 10.2. The first-order chi connectivity index (χ1) is 9.83. The Bertz CT molecular complexity index is 635. The van der Waals surface area contributed by atoms with Crippen molar-refractivity contribution in [2.24, 2.45) is 0 Å². The molecule has 0 spiro atoms. The van der Waals surface area contributed by atoms with Crippen LogP contribution in [0.4, 0.5) is 18.9 Å². The first-order valence-corrected chi connectivity index (χ1v) is 7.33. The van der Waals surface area contributed by atoms with E-state index in [2.05, 4.69) is 46.9 Å². The molecule has 3 nitrogen and oxygen atoms in total. The number of alkyl halides is 3. The summed E-state index contributed by atoms with van der Waals surface area (Å²) in [6.45, 7) is 0.273. The largest absolute Gasteiger partial charge is 0.573 e. The van der Waals surface area contributed by atoms with Gasteiger partial charge in [-0.2, -0.15) is 0 Å². The molecule has 2 rings (SSSR count). The zero-order valence-corrected chi connectivity index (χ0v) is 13.6. The van der Waals surface area contributed by atoms with Crippen molar-refractivity contribution in [2.45, 2.75) is 12.9 Å². The van der Waals surface area contributed by atoms with Gasteiger partial charge in [-0.3, -0.25) is 0 Å². The molecule has 0 amide bonds. The van der Waals surface area contributed by atoms with Gasteiger partial charge in [0.15, 0.2) is 5.75 Å². The Morgan fingerprint density at radius 2 is 1.90 bits per heavy atom. The van der Waals surface area contributed by atoms with Crippen molar-refractivity contribution in [2.75, 3.05) is 5.32 Å². The van der Waals surface area contributed by atoms with E-state index in [9.17, 15) is 13.2 Å². The molecule has 8 heteroatoms. The Morgan fingerprint density at radius 3 is 2.57 bits per heavy atom. The molecule has 0 bridgehead atoms. The molecule has 1 heterocycles. The molecular formula is C13H9Br2F3N2O. The topological polar surface area (TPSA) is 34.1 Å². The van der Waals surface area contributed by atoms with E-state index >= 15 is 0 Å². The van der Waals surface area contributed by atoms with Gasteiger partial charge in [0.2, 0.25) is 0 Å². The van der Waals surface area contributed by atoms with Gasteiger partial charge in [-0.05, 0) is 46.3 Å². The van der Waals surface area contributed by atoms with Gasteiger partial charge in [0.25, 0.3) is 0 Å². The second-order valence-electron chi connectivity index (χ2n) is 3.99. The summed E-state index contributed by atoms with van der Waals surface area (Å²) in [7, 11) is 0. The number of rotatable bonds is 4. The number of nitrogens with zero attached hydrogens (tertiary/aromatic N) is 1. The molecule has 0 atom stereocenters. The van der Waals surface area contributed by atoms with Crippen LogP contribution >= 0.6 is 31.9 Å². The lowest BCUT2D eigenvalue weighted by molar-refractivity contribution is -0.274. The van der Waals surface area contributed by atoms with Gasteiger partial charge in [-0.25, -0.2) is 4.98 Å². The predicted molar refractivity (Wildman–Crippen MR) is 80.1 cm³/mol. The molecule has 112 valence electrons. The maximum Gasteiger partial charge on any atom is 0.573 e. The third kappa shape index (κ3) is 5.20. The molecule has 0 unspecified atom stereocenters. The molecule has 0 aliphatic carbocycles. The van der Waals surface area contributed by atoms with Gasteiger partial charge in [0.05, 0.1) is 17.9 Å². The number of hydrogen-bond donors (Lipinski definition) is 1. The number of ether oxygens (including phenoxy) is 1. The van der Waals surface area contributed by atoms with Crippen LogP contribution in [0.25, 0.3) is 0 Å². The molecule has 1 N–H and O–H groups in total. The minimum Gasteiger partial charge on any atom is -0.404 e. The Kier molecular flexibility index (Phi) is 5.10. The fraction of sp³-hybridized carbons (Fsp3) is 0.154. The summed E-state index contributed by atoms with van der Waals surface area (Å²) in [6, 6.07) is 9.71. The average Bonchev–Trinajstić information content (AvgIpc) is 2.36. The molecule has 1 aromatic heterocycles. The molecule has 0 aliphatic rings. The van der Waals surface area contributed by atoms with Gasteiger partial charge < -0.3 is 10.1 Å². The highest BCUT2D eigenvalue weighted by Gasteiger charge is 2.32. The molecule has 0 saturated carbocycles. The van der Waals surface area contributed by atoms with Gasteiger partial charge in [-0.15, -0.1) is 13.2 Å². The predicted octanol–water partition coefficient (Wildman–Crippen LogP) is 5.12. The number of pyridine rings is 1. The highest BCUT2D eigenvalue weighted by atomic mass is 79.9. The number of halogens is 5. The fourth-order valence-electron chi connectivity index (χ4n) is 1.59. The normalized spacial score (nSPS) is 11.3. The second-order valence-corrected chi connectivity index (χ2v) is 5.72. The van der Waals surface area contributed by atoms with Crippen LogP contribution in [0.5, 0.6) is 5.75 Å². The summed E-state index contributed by atoms with van der Waals surface area (Å²) in [4.78, 5) is 4.19. The van der Waals surface area contributed by atoms with E-state index in [0.29, 0.717) is 14.8 Å². The van der Waals surface area contributed by atoms with E-state index in [4.69, 9.17) is 0 Å². The summed E-state index contributed by atoms with van der Waals surface area (Å²) < 4.78 is 42.3. The zero-order chi connectivity index (χ0) is 15.5. The van der Waals surface area contributed by atoms with Gasteiger partial charge in [0.1, 0.15) is 4.60 Å². The Balaban J connectivity index is 2.15. The number of aromatic nitrogens is 1. The lowest BCUT2D eigenvalue weighted by Crippen LogP contribution is -2.18. The number of benzene rings is 1. The first-order valence-electron chi connectivity index (χ1n) is 5.74. The smallest absolute Gasteiger partial charge is 0.404 e. The third-order valence-electron chi connectivity index (χ3n) is 2.40. The van der Waals surface area contributed by atoms with Crippen LogP contribution in [-0.4, -0.2) is 11.3 Å². The van der Waals surface area contributed by atoms with E-state index in [1.54, 1.807) is 24.3 Å². The molecule has 1 aromatic carbocycles.